The van der Waals surface area contributed by atoms with Crippen molar-refractivity contribution in [2.24, 2.45) is 5.92 Å². The van der Waals surface area contributed by atoms with Gasteiger partial charge in [-0.2, -0.15) is 5.10 Å². The summed E-state index contributed by atoms with van der Waals surface area (Å²) in [5.74, 6) is 0.712. The van der Waals surface area contributed by atoms with Crippen LogP contribution in [-0.4, -0.2) is 14.9 Å². The van der Waals surface area contributed by atoms with Crippen molar-refractivity contribution in [2.75, 3.05) is 0 Å². The van der Waals surface area contributed by atoms with Gasteiger partial charge < -0.3 is 5.11 Å². The van der Waals surface area contributed by atoms with Gasteiger partial charge in [0.05, 0.1) is 17.5 Å². The fraction of sp³-hybridized carbons (Fsp3) is 0.786. The maximum Gasteiger partial charge on any atom is 0.0956 e. The lowest BCUT2D eigenvalue weighted by molar-refractivity contribution is 0.151. The van der Waals surface area contributed by atoms with Crippen LogP contribution in [0.2, 0.25) is 0 Å². The van der Waals surface area contributed by atoms with Gasteiger partial charge in [0.2, 0.25) is 0 Å². The number of aryl methyl sites for hydroxylation is 2. The van der Waals surface area contributed by atoms with E-state index in [1.165, 1.54) is 6.42 Å². The molecule has 1 heterocycles. The maximum absolute atomic E-state index is 10.2. The Kier molecular flexibility index (Phi) is 5.69. The molecule has 1 aromatic heterocycles. The van der Waals surface area contributed by atoms with Crippen LogP contribution in [-0.2, 0) is 13.0 Å². The summed E-state index contributed by atoms with van der Waals surface area (Å²) in [5.41, 5.74) is 2.05. The average Bonchev–Trinajstić information content (AvgIpc) is 2.71. The highest BCUT2D eigenvalue weighted by Gasteiger charge is 2.14. The molecule has 0 bridgehead atoms. The van der Waals surface area contributed by atoms with Crippen LogP contribution in [0, 0.1) is 5.92 Å². The minimum absolute atomic E-state index is 0.360. The van der Waals surface area contributed by atoms with E-state index in [9.17, 15) is 5.11 Å². The molecule has 0 aromatic carbocycles. The van der Waals surface area contributed by atoms with Gasteiger partial charge in [-0.15, -0.1) is 0 Å². The second-order valence-electron chi connectivity index (χ2n) is 5.07. The van der Waals surface area contributed by atoms with Gasteiger partial charge in [0, 0.05) is 6.54 Å². The monoisotopic (exact) mass is 238 g/mol. The zero-order valence-electron chi connectivity index (χ0n) is 11.6. The highest BCUT2D eigenvalue weighted by Crippen LogP contribution is 2.21. The van der Waals surface area contributed by atoms with Crippen LogP contribution in [0.25, 0.3) is 0 Å². The quantitative estimate of drug-likeness (QED) is 0.791. The third-order valence-corrected chi connectivity index (χ3v) is 3.12. The molecule has 0 saturated carbocycles. The Morgan fingerprint density at radius 3 is 2.53 bits per heavy atom. The highest BCUT2D eigenvalue weighted by atomic mass is 16.3. The predicted molar refractivity (Wildman–Crippen MR) is 70.9 cm³/mol. The van der Waals surface area contributed by atoms with Gasteiger partial charge in [0.15, 0.2) is 0 Å². The number of nitrogens with zero attached hydrogens (tertiary/aromatic N) is 2. The Bertz CT molecular complexity index is 331. The molecule has 1 aromatic rings. The van der Waals surface area contributed by atoms with Crippen molar-refractivity contribution in [3.05, 3.63) is 17.5 Å². The minimum atomic E-state index is -0.360. The first-order valence-electron chi connectivity index (χ1n) is 6.83. The second kappa shape index (κ2) is 6.80. The molecule has 0 amide bonds. The van der Waals surface area contributed by atoms with Gasteiger partial charge in [-0.1, -0.05) is 33.6 Å². The van der Waals surface area contributed by atoms with E-state index in [-0.39, 0.29) is 6.10 Å². The molecule has 3 nitrogen and oxygen atoms in total. The predicted octanol–water partition coefficient (Wildman–Crippen LogP) is 3.33. The Balaban J connectivity index is 2.60. The zero-order chi connectivity index (χ0) is 12.8. The fourth-order valence-corrected chi connectivity index (χ4v) is 2.05. The molecule has 0 aliphatic rings. The van der Waals surface area contributed by atoms with E-state index in [1.807, 2.05) is 10.7 Å². The first-order valence-corrected chi connectivity index (χ1v) is 6.83. The summed E-state index contributed by atoms with van der Waals surface area (Å²) in [4.78, 5) is 0. The summed E-state index contributed by atoms with van der Waals surface area (Å²) in [6, 6.07) is 2.05. The lowest BCUT2D eigenvalue weighted by Gasteiger charge is -2.12. The largest absolute Gasteiger partial charge is 0.387 e. The molecule has 0 saturated heterocycles. The third kappa shape index (κ3) is 4.15. The third-order valence-electron chi connectivity index (χ3n) is 3.12. The van der Waals surface area contributed by atoms with E-state index in [1.54, 1.807) is 0 Å². The van der Waals surface area contributed by atoms with Crippen molar-refractivity contribution in [1.29, 1.82) is 0 Å². The first kappa shape index (κ1) is 14.2. The fourth-order valence-electron chi connectivity index (χ4n) is 2.05. The van der Waals surface area contributed by atoms with Crippen molar-refractivity contribution in [3.8, 4) is 0 Å². The molecule has 1 unspecified atom stereocenters. The molecule has 0 radical (unpaired) electrons. The van der Waals surface area contributed by atoms with Crippen molar-refractivity contribution in [1.82, 2.24) is 9.78 Å². The van der Waals surface area contributed by atoms with Gasteiger partial charge in [0.1, 0.15) is 0 Å². The minimum Gasteiger partial charge on any atom is -0.387 e. The standard InChI is InChI=1S/C14H26N2O/c1-5-12-10-13(16(6-2)15-12)14(17)9-7-8-11(3)4/h10-11,14,17H,5-9H2,1-4H3. The molecule has 1 rings (SSSR count). The van der Waals surface area contributed by atoms with Gasteiger partial charge >= 0.3 is 0 Å². The number of aromatic nitrogens is 2. The van der Waals surface area contributed by atoms with Crippen LogP contribution in [0.3, 0.4) is 0 Å². The number of rotatable bonds is 7. The van der Waals surface area contributed by atoms with Crippen molar-refractivity contribution in [2.45, 2.75) is 66.0 Å². The number of hydrogen-bond donors (Lipinski definition) is 1. The van der Waals surface area contributed by atoms with E-state index in [2.05, 4.69) is 32.8 Å². The second-order valence-corrected chi connectivity index (χ2v) is 5.07. The van der Waals surface area contributed by atoms with Crippen molar-refractivity contribution >= 4 is 0 Å². The summed E-state index contributed by atoms with van der Waals surface area (Å²) in [6.45, 7) is 9.43. The molecule has 98 valence electrons. The van der Waals surface area contributed by atoms with E-state index in [4.69, 9.17) is 0 Å². The van der Waals surface area contributed by atoms with Crippen LogP contribution in [0.5, 0.6) is 0 Å². The van der Waals surface area contributed by atoms with Gasteiger partial charge in [-0.25, -0.2) is 0 Å². The lowest BCUT2D eigenvalue weighted by Crippen LogP contribution is -2.08. The molecule has 0 aliphatic carbocycles. The molecule has 1 atom stereocenters. The topological polar surface area (TPSA) is 38.0 Å². The van der Waals surface area contributed by atoms with Crippen LogP contribution >= 0.6 is 0 Å². The average molecular weight is 238 g/mol. The molecule has 0 fully saturated rings. The Hall–Kier alpha value is -0.830. The van der Waals surface area contributed by atoms with Crippen LogP contribution in [0.4, 0.5) is 0 Å². The molecule has 0 aliphatic heterocycles. The van der Waals surface area contributed by atoms with Crippen molar-refractivity contribution < 1.29 is 5.11 Å². The molecule has 17 heavy (non-hydrogen) atoms. The van der Waals surface area contributed by atoms with Crippen LogP contribution in [0.1, 0.15) is 64.4 Å². The molecule has 1 N–H and O–H groups in total. The molecule has 0 spiro atoms. The van der Waals surface area contributed by atoms with E-state index < -0.39 is 0 Å². The van der Waals surface area contributed by atoms with E-state index in [0.717, 1.165) is 37.2 Å². The number of hydrogen-bond acceptors (Lipinski definition) is 2. The first-order chi connectivity index (χ1) is 8.08. The summed E-state index contributed by atoms with van der Waals surface area (Å²) in [6.07, 6.45) is 3.67. The van der Waals surface area contributed by atoms with E-state index in [0.29, 0.717) is 5.92 Å². The van der Waals surface area contributed by atoms with Gasteiger partial charge in [-0.05, 0) is 31.7 Å². The van der Waals surface area contributed by atoms with Gasteiger partial charge in [-0.3, -0.25) is 4.68 Å². The normalized spacial score (nSPS) is 13.3. The van der Waals surface area contributed by atoms with Crippen LogP contribution in [0.15, 0.2) is 6.07 Å². The summed E-state index contributed by atoms with van der Waals surface area (Å²) in [7, 11) is 0. The number of aliphatic hydroxyl groups excluding tert-OH is 1. The Morgan fingerprint density at radius 1 is 1.29 bits per heavy atom. The smallest absolute Gasteiger partial charge is 0.0956 e. The summed E-state index contributed by atoms with van der Waals surface area (Å²) in [5, 5.41) is 14.7. The summed E-state index contributed by atoms with van der Waals surface area (Å²) < 4.78 is 1.93. The Morgan fingerprint density at radius 2 is 2.00 bits per heavy atom. The molecular formula is C14H26N2O. The Labute approximate surface area is 105 Å². The number of aliphatic hydroxyl groups is 1. The summed E-state index contributed by atoms with van der Waals surface area (Å²) >= 11 is 0. The van der Waals surface area contributed by atoms with Crippen molar-refractivity contribution in [3.63, 3.8) is 0 Å². The van der Waals surface area contributed by atoms with Crippen LogP contribution < -0.4 is 0 Å². The highest BCUT2D eigenvalue weighted by molar-refractivity contribution is 5.13. The lowest BCUT2D eigenvalue weighted by atomic mass is 10.0. The molecule has 3 heteroatoms. The zero-order valence-corrected chi connectivity index (χ0v) is 11.6. The van der Waals surface area contributed by atoms with E-state index >= 15 is 0 Å². The maximum atomic E-state index is 10.2. The van der Waals surface area contributed by atoms with Gasteiger partial charge in [0.25, 0.3) is 0 Å². The SMILES string of the molecule is CCc1cc(C(O)CCCC(C)C)n(CC)n1. The molecular weight excluding hydrogens is 212 g/mol.